The first-order chi connectivity index (χ1) is 14.4. The van der Waals surface area contributed by atoms with Crippen molar-refractivity contribution >= 4 is 0 Å². The molecule has 30 heavy (non-hydrogen) atoms. The van der Waals surface area contributed by atoms with Crippen LogP contribution in [0.15, 0.2) is 70.4 Å². The second kappa shape index (κ2) is 7.33. The van der Waals surface area contributed by atoms with Gasteiger partial charge < -0.3 is 0 Å². The molecule has 4 rings (SSSR count). The van der Waals surface area contributed by atoms with Crippen molar-refractivity contribution in [2.75, 3.05) is 0 Å². The molecule has 148 valence electrons. The van der Waals surface area contributed by atoms with Crippen molar-refractivity contribution in [3.8, 4) is 28.7 Å². The maximum atomic E-state index is 13.1. The SMILES string of the molecule is Cc1cccc(-n2c(C)c(-c3ccnn3-c3ccc(C#N)cc3)c(=O)n(C)c2=O)c1. The number of rotatable bonds is 3. The molecule has 0 aliphatic carbocycles. The Morgan fingerprint density at radius 3 is 2.37 bits per heavy atom. The molecule has 0 atom stereocenters. The van der Waals surface area contributed by atoms with Crippen molar-refractivity contribution in [1.82, 2.24) is 18.9 Å². The van der Waals surface area contributed by atoms with E-state index in [0.717, 1.165) is 10.1 Å². The van der Waals surface area contributed by atoms with Crippen molar-refractivity contribution in [3.05, 3.63) is 98.5 Å². The minimum Gasteiger partial charge on any atom is -0.268 e. The van der Waals surface area contributed by atoms with Gasteiger partial charge in [-0.05, 0) is 61.9 Å². The van der Waals surface area contributed by atoms with E-state index in [0.29, 0.717) is 33.9 Å². The summed E-state index contributed by atoms with van der Waals surface area (Å²) in [5.41, 5.74) is 3.64. The van der Waals surface area contributed by atoms with Crippen LogP contribution in [0, 0.1) is 25.2 Å². The zero-order chi connectivity index (χ0) is 21.4. The van der Waals surface area contributed by atoms with Gasteiger partial charge in [-0.1, -0.05) is 12.1 Å². The predicted octanol–water partition coefficient (Wildman–Crippen LogP) is 2.88. The molecule has 2 aromatic carbocycles. The lowest BCUT2D eigenvalue weighted by atomic mass is 10.1. The fraction of sp³-hybridized carbons (Fsp3) is 0.130. The highest BCUT2D eigenvalue weighted by Crippen LogP contribution is 2.23. The Morgan fingerprint density at radius 2 is 1.70 bits per heavy atom. The van der Waals surface area contributed by atoms with Crippen LogP contribution >= 0.6 is 0 Å². The Balaban J connectivity index is 2.00. The Morgan fingerprint density at radius 1 is 0.967 bits per heavy atom. The van der Waals surface area contributed by atoms with Gasteiger partial charge in [-0.3, -0.25) is 13.9 Å². The van der Waals surface area contributed by atoms with Gasteiger partial charge in [0.05, 0.1) is 40.5 Å². The molecule has 0 aliphatic rings. The van der Waals surface area contributed by atoms with Crippen LogP contribution in [0.3, 0.4) is 0 Å². The Kier molecular flexibility index (Phi) is 4.68. The van der Waals surface area contributed by atoms with Crippen LogP contribution in [0.25, 0.3) is 22.6 Å². The molecule has 0 aliphatic heterocycles. The van der Waals surface area contributed by atoms with Crippen LogP contribution in [0.5, 0.6) is 0 Å². The Bertz CT molecular complexity index is 1420. The van der Waals surface area contributed by atoms with Gasteiger partial charge in [0.1, 0.15) is 0 Å². The van der Waals surface area contributed by atoms with E-state index < -0.39 is 11.2 Å². The van der Waals surface area contributed by atoms with Crippen LogP contribution in [-0.2, 0) is 7.05 Å². The Hall–Kier alpha value is -4.18. The first kappa shape index (κ1) is 19.2. The van der Waals surface area contributed by atoms with Gasteiger partial charge in [-0.15, -0.1) is 0 Å². The van der Waals surface area contributed by atoms with Gasteiger partial charge in [-0.25, -0.2) is 9.48 Å². The Labute approximate surface area is 172 Å². The van der Waals surface area contributed by atoms with E-state index in [4.69, 9.17) is 5.26 Å². The highest BCUT2D eigenvalue weighted by Gasteiger charge is 2.20. The van der Waals surface area contributed by atoms with Crippen molar-refractivity contribution in [1.29, 1.82) is 5.26 Å². The standard InChI is InChI=1S/C23H19N5O2/c1-15-5-4-6-19(13-15)27-16(2)21(22(29)26(3)23(27)30)20-11-12-25-28(20)18-9-7-17(14-24)8-10-18/h4-13H,1-3H3. The number of aromatic nitrogens is 4. The molecule has 0 unspecified atom stereocenters. The molecular formula is C23H19N5O2. The van der Waals surface area contributed by atoms with Gasteiger partial charge in [0.15, 0.2) is 0 Å². The lowest BCUT2D eigenvalue weighted by Crippen LogP contribution is -2.40. The number of nitrogens with zero attached hydrogens (tertiary/aromatic N) is 5. The number of benzene rings is 2. The summed E-state index contributed by atoms with van der Waals surface area (Å²) in [6, 6.07) is 18.3. The minimum atomic E-state index is -0.406. The second-order valence-corrected chi connectivity index (χ2v) is 7.07. The summed E-state index contributed by atoms with van der Waals surface area (Å²) in [4.78, 5) is 26.1. The number of hydrogen-bond donors (Lipinski definition) is 0. The van der Waals surface area contributed by atoms with Gasteiger partial charge in [0.25, 0.3) is 5.56 Å². The maximum absolute atomic E-state index is 13.1. The summed E-state index contributed by atoms with van der Waals surface area (Å²) >= 11 is 0. The molecule has 0 bridgehead atoms. The molecule has 0 amide bonds. The van der Waals surface area contributed by atoms with E-state index >= 15 is 0 Å². The quantitative estimate of drug-likeness (QED) is 0.532. The predicted molar refractivity (Wildman–Crippen MR) is 114 cm³/mol. The molecule has 0 N–H and O–H groups in total. The zero-order valence-electron chi connectivity index (χ0n) is 16.8. The van der Waals surface area contributed by atoms with E-state index in [2.05, 4.69) is 11.2 Å². The second-order valence-electron chi connectivity index (χ2n) is 7.07. The number of aryl methyl sites for hydroxylation is 1. The van der Waals surface area contributed by atoms with E-state index in [9.17, 15) is 9.59 Å². The third-order valence-electron chi connectivity index (χ3n) is 5.09. The zero-order valence-corrected chi connectivity index (χ0v) is 16.8. The molecule has 7 nitrogen and oxygen atoms in total. The molecule has 0 radical (unpaired) electrons. The van der Waals surface area contributed by atoms with Crippen molar-refractivity contribution in [2.24, 2.45) is 7.05 Å². The minimum absolute atomic E-state index is 0.389. The van der Waals surface area contributed by atoms with Crippen LogP contribution in [0.4, 0.5) is 0 Å². The van der Waals surface area contributed by atoms with Gasteiger partial charge in [0, 0.05) is 12.7 Å². The smallest absolute Gasteiger partial charge is 0.268 e. The van der Waals surface area contributed by atoms with Crippen molar-refractivity contribution in [3.63, 3.8) is 0 Å². The molecule has 2 aromatic heterocycles. The van der Waals surface area contributed by atoms with Crippen LogP contribution in [0.1, 0.15) is 16.8 Å². The highest BCUT2D eigenvalue weighted by molar-refractivity contribution is 5.64. The molecule has 7 heteroatoms. The monoisotopic (exact) mass is 397 g/mol. The largest absolute Gasteiger partial charge is 0.335 e. The van der Waals surface area contributed by atoms with Gasteiger partial charge in [-0.2, -0.15) is 10.4 Å². The van der Waals surface area contributed by atoms with Gasteiger partial charge >= 0.3 is 5.69 Å². The molecule has 0 fully saturated rings. The van der Waals surface area contributed by atoms with E-state index in [1.165, 1.54) is 7.05 Å². The third kappa shape index (κ3) is 3.05. The van der Waals surface area contributed by atoms with E-state index in [1.807, 2.05) is 31.2 Å². The first-order valence-electron chi connectivity index (χ1n) is 9.37. The molecule has 2 heterocycles. The summed E-state index contributed by atoms with van der Waals surface area (Å²) in [6.45, 7) is 3.71. The molecule has 4 aromatic rings. The maximum Gasteiger partial charge on any atom is 0.335 e. The van der Waals surface area contributed by atoms with Crippen LogP contribution < -0.4 is 11.2 Å². The average molecular weight is 397 g/mol. The summed E-state index contributed by atoms with van der Waals surface area (Å²) < 4.78 is 4.29. The fourth-order valence-corrected chi connectivity index (χ4v) is 3.56. The number of hydrogen-bond acceptors (Lipinski definition) is 4. The van der Waals surface area contributed by atoms with E-state index in [-0.39, 0.29) is 0 Å². The first-order valence-corrected chi connectivity index (χ1v) is 9.37. The molecule has 0 saturated heterocycles. The summed E-state index contributed by atoms with van der Waals surface area (Å²) in [5, 5.41) is 13.4. The fourth-order valence-electron chi connectivity index (χ4n) is 3.56. The van der Waals surface area contributed by atoms with Gasteiger partial charge in [0.2, 0.25) is 0 Å². The van der Waals surface area contributed by atoms with Crippen molar-refractivity contribution in [2.45, 2.75) is 13.8 Å². The lowest BCUT2D eigenvalue weighted by molar-refractivity contribution is 0.713. The number of nitriles is 1. The van der Waals surface area contributed by atoms with Crippen molar-refractivity contribution < 1.29 is 0 Å². The normalized spacial score (nSPS) is 10.7. The lowest BCUT2D eigenvalue weighted by Gasteiger charge is -2.17. The molecule has 0 spiro atoms. The highest BCUT2D eigenvalue weighted by atomic mass is 16.2. The summed E-state index contributed by atoms with van der Waals surface area (Å²) in [6.07, 6.45) is 1.61. The van der Waals surface area contributed by atoms with Crippen LogP contribution in [-0.4, -0.2) is 18.9 Å². The van der Waals surface area contributed by atoms with E-state index in [1.54, 1.807) is 52.7 Å². The third-order valence-corrected chi connectivity index (χ3v) is 5.09. The topological polar surface area (TPSA) is 85.6 Å². The molecule has 0 saturated carbocycles. The summed E-state index contributed by atoms with van der Waals surface area (Å²) in [5.74, 6) is 0. The average Bonchev–Trinajstić information content (AvgIpc) is 3.22. The van der Waals surface area contributed by atoms with Crippen LogP contribution in [0.2, 0.25) is 0 Å². The summed E-state index contributed by atoms with van der Waals surface area (Å²) in [7, 11) is 1.47. The molecular weight excluding hydrogens is 378 g/mol.